The van der Waals surface area contributed by atoms with Gasteiger partial charge in [-0.2, -0.15) is 0 Å². The number of nitrogens with one attached hydrogen (secondary N) is 1. The van der Waals surface area contributed by atoms with Crippen LogP contribution < -0.4 is 5.32 Å². The van der Waals surface area contributed by atoms with Crippen molar-refractivity contribution in [1.29, 1.82) is 0 Å². The monoisotopic (exact) mass is 348 g/mol. The summed E-state index contributed by atoms with van der Waals surface area (Å²) in [5, 5.41) is 14.4. The lowest BCUT2D eigenvalue weighted by molar-refractivity contribution is -0.149. The van der Waals surface area contributed by atoms with Crippen LogP contribution in [0.2, 0.25) is 0 Å². The molecule has 0 bridgehead atoms. The molecule has 0 aliphatic carbocycles. The number of nitrogens with zero attached hydrogens (tertiary/aromatic N) is 1. The average molecular weight is 348 g/mol. The zero-order valence-corrected chi connectivity index (χ0v) is 14.6. The van der Waals surface area contributed by atoms with E-state index < -0.39 is 17.4 Å². The van der Waals surface area contributed by atoms with Crippen LogP contribution in [0.3, 0.4) is 0 Å². The minimum Gasteiger partial charge on any atom is -0.479 e. The average Bonchev–Trinajstić information content (AvgIpc) is 2.96. The molecule has 1 atom stereocenters. The second kappa shape index (κ2) is 7.55. The SMILES string of the molecule is COCC(C)(NC(=O)Cc1csc(-c2ccc(C)cc2)n1)C(=O)O. The molecule has 2 aromatic rings. The number of hydrogen-bond donors (Lipinski definition) is 2. The van der Waals surface area contributed by atoms with Gasteiger partial charge in [-0.3, -0.25) is 4.79 Å². The van der Waals surface area contributed by atoms with E-state index in [0.717, 1.165) is 10.6 Å². The van der Waals surface area contributed by atoms with Gasteiger partial charge in [0.15, 0.2) is 5.54 Å². The molecule has 1 unspecified atom stereocenters. The largest absolute Gasteiger partial charge is 0.479 e. The molecule has 1 aromatic carbocycles. The third-order valence-electron chi connectivity index (χ3n) is 3.51. The molecule has 0 aliphatic rings. The first kappa shape index (κ1) is 18.1. The minimum atomic E-state index is -1.46. The molecular weight excluding hydrogens is 328 g/mol. The first-order valence-electron chi connectivity index (χ1n) is 7.39. The second-order valence-corrected chi connectivity index (χ2v) is 6.66. The number of aliphatic carboxylic acids is 1. The number of aromatic nitrogens is 1. The van der Waals surface area contributed by atoms with Gasteiger partial charge in [-0.05, 0) is 13.8 Å². The van der Waals surface area contributed by atoms with E-state index in [9.17, 15) is 14.7 Å². The lowest BCUT2D eigenvalue weighted by atomic mass is 10.0. The number of amides is 1. The van der Waals surface area contributed by atoms with Crippen molar-refractivity contribution >= 4 is 23.2 Å². The Labute approximate surface area is 144 Å². The molecule has 24 heavy (non-hydrogen) atoms. The maximum Gasteiger partial charge on any atom is 0.331 e. The van der Waals surface area contributed by atoms with Crippen LogP contribution in [0.15, 0.2) is 29.6 Å². The number of ether oxygens (including phenoxy) is 1. The Balaban J connectivity index is 2.05. The van der Waals surface area contributed by atoms with Gasteiger partial charge in [0.1, 0.15) is 5.01 Å². The third-order valence-corrected chi connectivity index (χ3v) is 4.45. The van der Waals surface area contributed by atoms with E-state index in [1.807, 2.05) is 36.6 Å². The van der Waals surface area contributed by atoms with E-state index >= 15 is 0 Å². The fourth-order valence-corrected chi connectivity index (χ4v) is 3.00. The van der Waals surface area contributed by atoms with Gasteiger partial charge in [0, 0.05) is 18.1 Å². The summed E-state index contributed by atoms with van der Waals surface area (Å²) >= 11 is 1.45. The molecule has 1 aromatic heterocycles. The number of carbonyl (C=O) groups excluding carboxylic acids is 1. The van der Waals surface area contributed by atoms with E-state index in [1.54, 1.807) is 0 Å². The molecule has 6 nitrogen and oxygen atoms in total. The van der Waals surface area contributed by atoms with Crippen LogP contribution >= 0.6 is 11.3 Å². The highest BCUT2D eigenvalue weighted by Crippen LogP contribution is 2.24. The highest BCUT2D eigenvalue weighted by Gasteiger charge is 2.35. The van der Waals surface area contributed by atoms with Gasteiger partial charge in [-0.1, -0.05) is 29.8 Å². The van der Waals surface area contributed by atoms with Crippen molar-refractivity contribution in [2.75, 3.05) is 13.7 Å². The van der Waals surface area contributed by atoms with Crippen LogP contribution in [-0.2, 0) is 20.7 Å². The lowest BCUT2D eigenvalue weighted by Gasteiger charge is -2.25. The van der Waals surface area contributed by atoms with Crippen LogP contribution in [-0.4, -0.2) is 41.2 Å². The van der Waals surface area contributed by atoms with Gasteiger partial charge in [0.05, 0.1) is 18.7 Å². The van der Waals surface area contributed by atoms with Crippen molar-refractivity contribution in [3.05, 3.63) is 40.9 Å². The van der Waals surface area contributed by atoms with Gasteiger partial charge >= 0.3 is 5.97 Å². The highest BCUT2D eigenvalue weighted by molar-refractivity contribution is 7.13. The smallest absolute Gasteiger partial charge is 0.331 e. The fraction of sp³-hybridized carbons (Fsp3) is 0.353. The maximum atomic E-state index is 12.1. The summed E-state index contributed by atoms with van der Waals surface area (Å²) in [6.45, 7) is 3.32. The molecule has 0 saturated heterocycles. The molecule has 7 heteroatoms. The summed E-state index contributed by atoms with van der Waals surface area (Å²) in [5.74, 6) is -1.55. The van der Waals surface area contributed by atoms with Crippen molar-refractivity contribution < 1.29 is 19.4 Å². The van der Waals surface area contributed by atoms with Crippen LogP contribution in [0, 0.1) is 6.92 Å². The van der Waals surface area contributed by atoms with Gasteiger partial charge in [0.2, 0.25) is 5.91 Å². The number of rotatable bonds is 7. The number of carboxylic acid groups (broad SMARTS) is 1. The first-order valence-corrected chi connectivity index (χ1v) is 8.27. The van der Waals surface area contributed by atoms with Crippen molar-refractivity contribution in [3.8, 4) is 10.6 Å². The summed E-state index contributed by atoms with van der Waals surface area (Å²) in [4.78, 5) is 27.9. The van der Waals surface area contributed by atoms with E-state index in [2.05, 4.69) is 10.3 Å². The van der Waals surface area contributed by atoms with Crippen LogP contribution in [0.1, 0.15) is 18.2 Å². The molecule has 0 spiro atoms. The van der Waals surface area contributed by atoms with Crippen molar-refractivity contribution in [3.63, 3.8) is 0 Å². The zero-order chi connectivity index (χ0) is 17.7. The molecule has 0 radical (unpaired) electrons. The highest BCUT2D eigenvalue weighted by atomic mass is 32.1. The predicted octanol–water partition coefficient (Wildman–Crippen LogP) is 2.27. The maximum absolute atomic E-state index is 12.1. The normalized spacial score (nSPS) is 13.3. The molecule has 2 N–H and O–H groups in total. The Hall–Kier alpha value is -2.25. The molecular formula is C17H20N2O4S. The lowest BCUT2D eigenvalue weighted by Crippen LogP contribution is -2.55. The van der Waals surface area contributed by atoms with Crippen molar-refractivity contribution in [2.45, 2.75) is 25.8 Å². The molecule has 2 rings (SSSR count). The van der Waals surface area contributed by atoms with E-state index in [0.29, 0.717) is 5.69 Å². The van der Waals surface area contributed by atoms with E-state index in [1.165, 1.54) is 30.9 Å². The summed E-state index contributed by atoms with van der Waals surface area (Å²) in [7, 11) is 1.39. The molecule has 128 valence electrons. The third kappa shape index (κ3) is 4.39. The summed E-state index contributed by atoms with van der Waals surface area (Å²) in [6, 6.07) is 7.98. The fourth-order valence-electron chi connectivity index (χ4n) is 2.17. The minimum absolute atomic E-state index is 0.0228. The quantitative estimate of drug-likeness (QED) is 0.801. The number of carboxylic acids is 1. The number of benzene rings is 1. The molecule has 1 heterocycles. The van der Waals surface area contributed by atoms with Crippen molar-refractivity contribution in [1.82, 2.24) is 10.3 Å². The van der Waals surface area contributed by atoms with Crippen LogP contribution in [0.5, 0.6) is 0 Å². The Morgan fingerprint density at radius 1 is 1.33 bits per heavy atom. The number of thiazole rings is 1. The Morgan fingerprint density at radius 2 is 2.00 bits per heavy atom. The standard InChI is InChI=1S/C17H20N2O4S/c1-11-4-6-12(7-5-11)15-18-13(9-24-15)8-14(20)19-17(2,10-23-3)16(21)22/h4-7,9H,8,10H2,1-3H3,(H,19,20)(H,21,22). The van der Waals surface area contributed by atoms with Crippen molar-refractivity contribution in [2.24, 2.45) is 0 Å². The molecule has 0 saturated carbocycles. The second-order valence-electron chi connectivity index (χ2n) is 5.81. The van der Waals surface area contributed by atoms with Gasteiger partial charge in [-0.25, -0.2) is 9.78 Å². The van der Waals surface area contributed by atoms with E-state index in [-0.39, 0.29) is 13.0 Å². The number of aryl methyl sites for hydroxylation is 1. The van der Waals surface area contributed by atoms with Gasteiger partial charge in [-0.15, -0.1) is 11.3 Å². The van der Waals surface area contributed by atoms with Crippen LogP contribution in [0.4, 0.5) is 0 Å². The Morgan fingerprint density at radius 3 is 2.58 bits per heavy atom. The number of methoxy groups -OCH3 is 1. The zero-order valence-electron chi connectivity index (χ0n) is 13.8. The molecule has 1 amide bonds. The number of hydrogen-bond acceptors (Lipinski definition) is 5. The Kier molecular flexibility index (Phi) is 5.69. The van der Waals surface area contributed by atoms with Gasteiger partial charge in [0.25, 0.3) is 0 Å². The predicted molar refractivity (Wildman–Crippen MR) is 92.1 cm³/mol. The first-order chi connectivity index (χ1) is 11.3. The van der Waals surface area contributed by atoms with Crippen LogP contribution in [0.25, 0.3) is 10.6 Å². The Bertz CT molecular complexity index is 726. The summed E-state index contributed by atoms with van der Waals surface area (Å²) in [5.41, 5.74) is 1.31. The topological polar surface area (TPSA) is 88.5 Å². The van der Waals surface area contributed by atoms with Gasteiger partial charge < -0.3 is 15.2 Å². The molecule has 0 fully saturated rings. The van der Waals surface area contributed by atoms with E-state index in [4.69, 9.17) is 4.74 Å². The summed E-state index contributed by atoms with van der Waals surface area (Å²) in [6.07, 6.45) is 0.0228. The number of carbonyl (C=O) groups is 2. The summed E-state index contributed by atoms with van der Waals surface area (Å²) < 4.78 is 4.88. The molecule has 0 aliphatic heterocycles.